The van der Waals surface area contributed by atoms with Crippen molar-refractivity contribution in [3.8, 4) is 11.5 Å². The highest BCUT2D eigenvalue weighted by Gasteiger charge is 2.05. The fraction of sp³-hybridized carbons (Fsp3) is 0.300. The number of amides is 1. The molecule has 0 radical (unpaired) electrons. The molecule has 0 atom stereocenters. The van der Waals surface area contributed by atoms with Crippen LogP contribution in [-0.4, -0.2) is 20.1 Å². The Kier molecular flexibility index (Phi) is 3.93. The summed E-state index contributed by atoms with van der Waals surface area (Å²) in [6, 6.07) is 5.26. The molecule has 0 aliphatic rings. The first-order chi connectivity index (χ1) is 7.19. The highest BCUT2D eigenvalue weighted by atomic mass is 16.5. The summed E-state index contributed by atoms with van der Waals surface area (Å²) in [6.45, 7) is 0. The number of carbonyl (C=O) groups is 1. The van der Waals surface area contributed by atoms with Crippen LogP contribution in [0.3, 0.4) is 0 Å². The van der Waals surface area contributed by atoms with Gasteiger partial charge in [0.05, 0.1) is 20.6 Å². The number of rotatable bonds is 4. The van der Waals surface area contributed by atoms with Crippen LogP contribution in [-0.2, 0) is 11.2 Å². The van der Waals surface area contributed by atoms with E-state index < -0.39 is 0 Å². The quantitative estimate of drug-likeness (QED) is 0.424. The fourth-order valence-electron chi connectivity index (χ4n) is 1.20. The van der Waals surface area contributed by atoms with Gasteiger partial charge in [0, 0.05) is 6.07 Å². The highest BCUT2D eigenvalue weighted by molar-refractivity contribution is 5.78. The van der Waals surface area contributed by atoms with E-state index in [9.17, 15) is 4.79 Å². The van der Waals surface area contributed by atoms with Gasteiger partial charge in [0.25, 0.3) is 0 Å². The van der Waals surface area contributed by atoms with Crippen LogP contribution in [0.2, 0.25) is 0 Å². The highest BCUT2D eigenvalue weighted by Crippen LogP contribution is 2.22. The number of nitrogens with two attached hydrogens (primary N) is 1. The van der Waals surface area contributed by atoms with Crippen molar-refractivity contribution < 1.29 is 14.3 Å². The number of nitrogens with one attached hydrogen (secondary N) is 1. The van der Waals surface area contributed by atoms with E-state index in [-0.39, 0.29) is 12.3 Å². The Morgan fingerprint density at radius 1 is 1.27 bits per heavy atom. The molecule has 0 heterocycles. The zero-order valence-electron chi connectivity index (χ0n) is 8.74. The smallest absolute Gasteiger partial charge is 0.238 e. The zero-order valence-corrected chi connectivity index (χ0v) is 8.74. The third-order valence-electron chi connectivity index (χ3n) is 1.94. The Balaban J connectivity index is 2.91. The summed E-state index contributed by atoms with van der Waals surface area (Å²) in [5, 5.41) is 0. The van der Waals surface area contributed by atoms with Crippen LogP contribution in [0, 0.1) is 0 Å². The number of hydrazine groups is 1. The molecular formula is C10H14N2O3. The van der Waals surface area contributed by atoms with Gasteiger partial charge in [0.2, 0.25) is 5.91 Å². The molecule has 1 amide bonds. The fourth-order valence-corrected chi connectivity index (χ4v) is 1.20. The first-order valence-electron chi connectivity index (χ1n) is 4.41. The third kappa shape index (κ3) is 3.14. The Labute approximate surface area is 88.1 Å². The van der Waals surface area contributed by atoms with Crippen molar-refractivity contribution in [2.45, 2.75) is 6.42 Å². The van der Waals surface area contributed by atoms with Crippen molar-refractivity contribution in [2.24, 2.45) is 5.84 Å². The molecule has 0 saturated heterocycles. The van der Waals surface area contributed by atoms with E-state index in [1.807, 2.05) is 0 Å². The molecule has 0 fully saturated rings. The molecule has 0 aliphatic carbocycles. The van der Waals surface area contributed by atoms with E-state index in [0.717, 1.165) is 5.56 Å². The summed E-state index contributed by atoms with van der Waals surface area (Å²) in [7, 11) is 3.11. The lowest BCUT2D eigenvalue weighted by Gasteiger charge is -2.07. The first kappa shape index (κ1) is 11.3. The maximum absolute atomic E-state index is 11.1. The molecular weight excluding hydrogens is 196 g/mol. The van der Waals surface area contributed by atoms with Crippen LogP contribution in [0.15, 0.2) is 18.2 Å². The van der Waals surface area contributed by atoms with Gasteiger partial charge in [-0.05, 0) is 17.7 Å². The van der Waals surface area contributed by atoms with Gasteiger partial charge in [0.1, 0.15) is 11.5 Å². The minimum atomic E-state index is -0.259. The van der Waals surface area contributed by atoms with Crippen molar-refractivity contribution in [3.63, 3.8) is 0 Å². The van der Waals surface area contributed by atoms with Gasteiger partial charge in [-0.1, -0.05) is 0 Å². The Hall–Kier alpha value is -1.75. The third-order valence-corrected chi connectivity index (χ3v) is 1.94. The zero-order chi connectivity index (χ0) is 11.3. The topological polar surface area (TPSA) is 73.6 Å². The van der Waals surface area contributed by atoms with Crippen molar-refractivity contribution in [3.05, 3.63) is 23.8 Å². The average molecular weight is 210 g/mol. The summed E-state index contributed by atoms with van der Waals surface area (Å²) in [5.74, 6) is 6.03. The molecule has 0 aromatic heterocycles. The van der Waals surface area contributed by atoms with E-state index in [2.05, 4.69) is 5.43 Å². The van der Waals surface area contributed by atoms with Gasteiger partial charge < -0.3 is 9.47 Å². The summed E-state index contributed by atoms with van der Waals surface area (Å²) < 4.78 is 10.1. The molecule has 0 bridgehead atoms. The monoisotopic (exact) mass is 210 g/mol. The number of carbonyl (C=O) groups excluding carboxylic acids is 1. The predicted molar refractivity (Wildman–Crippen MR) is 55.6 cm³/mol. The predicted octanol–water partition coefficient (Wildman–Crippen LogP) is 0.236. The number of benzene rings is 1. The average Bonchev–Trinajstić information content (AvgIpc) is 2.28. The van der Waals surface area contributed by atoms with E-state index in [0.29, 0.717) is 11.5 Å². The molecule has 0 aliphatic heterocycles. The Bertz CT molecular complexity index is 330. The standard InChI is InChI=1S/C10H14N2O3/c1-14-8-3-7(5-10(13)12-11)4-9(6-8)15-2/h3-4,6H,5,11H2,1-2H3,(H,12,13). The molecule has 1 rings (SSSR count). The van der Waals surface area contributed by atoms with Gasteiger partial charge in [-0.25, -0.2) is 5.84 Å². The molecule has 1 aromatic carbocycles. The summed E-state index contributed by atoms with van der Waals surface area (Å²) in [6.07, 6.45) is 0.198. The molecule has 82 valence electrons. The lowest BCUT2D eigenvalue weighted by Crippen LogP contribution is -2.31. The second kappa shape index (κ2) is 5.21. The van der Waals surface area contributed by atoms with Crippen molar-refractivity contribution >= 4 is 5.91 Å². The van der Waals surface area contributed by atoms with Crippen LogP contribution in [0.5, 0.6) is 11.5 Å². The molecule has 0 spiro atoms. The van der Waals surface area contributed by atoms with Gasteiger partial charge >= 0.3 is 0 Å². The van der Waals surface area contributed by atoms with Crippen LogP contribution >= 0.6 is 0 Å². The van der Waals surface area contributed by atoms with E-state index >= 15 is 0 Å². The van der Waals surface area contributed by atoms with E-state index in [4.69, 9.17) is 15.3 Å². The van der Waals surface area contributed by atoms with Crippen molar-refractivity contribution in [1.29, 1.82) is 0 Å². The minimum Gasteiger partial charge on any atom is -0.497 e. The van der Waals surface area contributed by atoms with E-state index in [1.165, 1.54) is 0 Å². The molecule has 1 aromatic rings. The maximum atomic E-state index is 11.1. The van der Waals surface area contributed by atoms with E-state index in [1.54, 1.807) is 32.4 Å². The van der Waals surface area contributed by atoms with Gasteiger partial charge in [-0.15, -0.1) is 0 Å². The first-order valence-corrected chi connectivity index (χ1v) is 4.41. The molecule has 5 heteroatoms. The Morgan fingerprint density at radius 2 is 1.80 bits per heavy atom. The second-order valence-corrected chi connectivity index (χ2v) is 2.97. The SMILES string of the molecule is COc1cc(CC(=O)NN)cc(OC)c1. The van der Waals surface area contributed by atoms with Crippen LogP contribution in [0.1, 0.15) is 5.56 Å². The largest absolute Gasteiger partial charge is 0.497 e. The molecule has 5 nitrogen and oxygen atoms in total. The molecule has 0 saturated carbocycles. The molecule has 15 heavy (non-hydrogen) atoms. The normalized spacial score (nSPS) is 9.53. The lowest BCUT2D eigenvalue weighted by molar-refractivity contribution is -0.120. The number of methoxy groups -OCH3 is 2. The van der Waals surface area contributed by atoms with Gasteiger partial charge in [-0.3, -0.25) is 10.2 Å². The van der Waals surface area contributed by atoms with Crippen LogP contribution in [0.25, 0.3) is 0 Å². The van der Waals surface area contributed by atoms with Gasteiger partial charge in [-0.2, -0.15) is 0 Å². The number of hydrogen-bond acceptors (Lipinski definition) is 4. The molecule has 3 N–H and O–H groups in total. The summed E-state index contributed by atoms with van der Waals surface area (Å²) in [5.41, 5.74) is 2.85. The van der Waals surface area contributed by atoms with Crippen molar-refractivity contribution in [1.82, 2.24) is 5.43 Å². The lowest BCUT2D eigenvalue weighted by atomic mass is 10.1. The van der Waals surface area contributed by atoms with Crippen LogP contribution < -0.4 is 20.7 Å². The number of ether oxygens (including phenoxy) is 2. The second-order valence-electron chi connectivity index (χ2n) is 2.97. The Morgan fingerprint density at radius 3 is 2.20 bits per heavy atom. The minimum absolute atomic E-state index is 0.198. The number of hydrogen-bond donors (Lipinski definition) is 2. The van der Waals surface area contributed by atoms with Crippen LogP contribution in [0.4, 0.5) is 0 Å². The maximum Gasteiger partial charge on any atom is 0.238 e. The summed E-state index contributed by atoms with van der Waals surface area (Å²) >= 11 is 0. The van der Waals surface area contributed by atoms with Crippen molar-refractivity contribution in [2.75, 3.05) is 14.2 Å². The van der Waals surface area contributed by atoms with Gasteiger partial charge in [0.15, 0.2) is 0 Å². The summed E-state index contributed by atoms with van der Waals surface area (Å²) in [4.78, 5) is 11.1. The molecule has 0 unspecified atom stereocenters.